The highest BCUT2D eigenvalue weighted by molar-refractivity contribution is 8.13. The highest BCUT2D eigenvalue weighted by atomic mass is 32.4. The molecule has 1 rings (SSSR count). The predicted molar refractivity (Wildman–Crippen MR) is 73.1 cm³/mol. The van der Waals surface area contributed by atoms with Crippen LogP contribution in [-0.4, -0.2) is 5.11 Å². The molecule has 90 valence electrons. The third-order valence-electron chi connectivity index (χ3n) is 2.11. The highest BCUT2D eigenvalue weighted by Gasteiger charge is 2.18. The van der Waals surface area contributed by atoms with E-state index in [1.54, 1.807) is 12.1 Å². The maximum Gasteiger partial charge on any atom is 0.156 e. The van der Waals surface area contributed by atoms with E-state index in [-0.39, 0.29) is 11.2 Å². The fourth-order valence-corrected chi connectivity index (χ4v) is 2.27. The summed E-state index contributed by atoms with van der Waals surface area (Å²) in [5, 5.41) is 12.7. The first kappa shape index (κ1) is 13.5. The van der Waals surface area contributed by atoms with Gasteiger partial charge in [0.05, 0.1) is 0 Å². The van der Waals surface area contributed by atoms with Gasteiger partial charge in [0.25, 0.3) is 0 Å². The van der Waals surface area contributed by atoms with Crippen molar-refractivity contribution in [1.29, 1.82) is 0 Å². The SMILES string of the molecule is CC(C)(C)c1cc(NP(N)(N)=S)ccc1O. The molecule has 0 fully saturated rings. The van der Waals surface area contributed by atoms with Crippen LogP contribution in [0.1, 0.15) is 26.3 Å². The molecule has 6 heteroatoms. The van der Waals surface area contributed by atoms with Gasteiger partial charge in [0, 0.05) is 11.3 Å². The van der Waals surface area contributed by atoms with E-state index in [0.717, 1.165) is 11.3 Å². The van der Waals surface area contributed by atoms with Crippen molar-refractivity contribution in [2.75, 3.05) is 5.09 Å². The first-order valence-electron chi connectivity index (χ1n) is 4.88. The summed E-state index contributed by atoms with van der Waals surface area (Å²) in [6.45, 7) is 3.59. The first-order chi connectivity index (χ1) is 7.09. The summed E-state index contributed by atoms with van der Waals surface area (Å²) in [4.78, 5) is 0. The Balaban J connectivity index is 3.13. The normalized spacial score (nSPS) is 12.6. The molecule has 0 amide bonds. The lowest BCUT2D eigenvalue weighted by Crippen LogP contribution is -2.15. The molecular formula is C10H18N3OPS. The number of phenols is 1. The van der Waals surface area contributed by atoms with E-state index >= 15 is 0 Å². The zero-order valence-corrected chi connectivity index (χ0v) is 11.4. The highest BCUT2D eigenvalue weighted by Crippen LogP contribution is 2.35. The van der Waals surface area contributed by atoms with Crippen LogP contribution in [-0.2, 0) is 17.2 Å². The molecule has 0 bridgehead atoms. The van der Waals surface area contributed by atoms with Gasteiger partial charge in [-0.1, -0.05) is 20.8 Å². The van der Waals surface area contributed by atoms with E-state index in [2.05, 4.69) is 5.09 Å². The largest absolute Gasteiger partial charge is 0.508 e. The van der Waals surface area contributed by atoms with Gasteiger partial charge in [0.15, 0.2) is 6.49 Å². The van der Waals surface area contributed by atoms with Gasteiger partial charge in [0.2, 0.25) is 0 Å². The quantitative estimate of drug-likeness (QED) is 0.483. The van der Waals surface area contributed by atoms with Gasteiger partial charge in [-0.3, -0.25) is 11.0 Å². The molecule has 0 saturated carbocycles. The van der Waals surface area contributed by atoms with Crippen LogP contribution in [0.15, 0.2) is 18.2 Å². The summed E-state index contributed by atoms with van der Waals surface area (Å²) in [7, 11) is 0. The molecule has 0 spiro atoms. The lowest BCUT2D eigenvalue weighted by atomic mass is 9.86. The van der Waals surface area contributed by atoms with Crippen LogP contribution in [0.2, 0.25) is 0 Å². The minimum atomic E-state index is -2.47. The zero-order chi connectivity index (χ0) is 12.6. The van der Waals surface area contributed by atoms with Gasteiger partial charge < -0.3 is 10.2 Å². The van der Waals surface area contributed by atoms with Gasteiger partial charge in [-0.15, -0.1) is 0 Å². The Hall–Kier alpha value is -0.610. The van der Waals surface area contributed by atoms with Crippen molar-refractivity contribution in [2.24, 2.45) is 11.0 Å². The Bertz CT molecular complexity index is 436. The van der Waals surface area contributed by atoms with Crippen molar-refractivity contribution in [3.05, 3.63) is 23.8 Å². The minimum absolute atomic E-state index is 0.145. The van der Waals surface area contributed by atoms with Crippen molar-refractivity contribution >= 4 is 24.0 Å². The Morgan fingerprint density at radius 2 is 1.88 bits per heavy atom. The van der Waals surface area contributed by atoms with E-state index in [9.17, 15) is 5.11 Å². The maximum absolute atomic E-state index is 9.76. The van der Waals surface area contributed by atoms with Crippen molar-refractivity contribution in [1.82, 2.24) is 0 Å². The molecule has 0 heterocycles. The average Bonchev–Trinajstić information content (AvgIpc) is 2.04. The minimum Gasteiger partial charge on any atom is -0.508 e. The number of nitrogens with two attached hydrogens (primary N) is 2. The maximum atomic E-state index is 9.76. The van der Waals surface area contributed by atoms with Gasteiger partial charge in [-0.05, 0) is 35.4 Å². The molecule has 4 nitrogen and oxygen atoms in total. The standard InChI is InChI=1S/C10H18N3OPS/c1-10(2,3)8-6-7(4-5-9(8)14)13-15(11,12)16/h4-6,14H,1-3H3,(H5,11,12,13,16). The third-order valence-corrected chi connectivity index (χ3v) is 2.99. The van der Waals surface area contributed by atoms with Gasteiger partial charge in [-0.25, -0.2) is 0 Å². The Kier molecular flexibility index (Phi) is 3.65. The predicted octanol–water partition coefficient (Wildman–Crippen LogP) is 2.24. The van der Waals surface area contributed by atoms with Gasteiger partial charge in [0.1, 0.15) is 5.75 Å². The number of nitrogens with one attached hydrogen (secondary N) is 1. The second-order valence-corrected chi connectivity index (χ2v) is 8.26. The van der Waals surface area contributed by atoms with Crippen LogP contribution >= 0.6 is 6.49 Å². The molecule has 0 aromatic heterocycles. The lowest BCUT2D eigenvalue weighted by molar-refractivity contribution is 0.447. The average molecular weight is 259 g/mol. The first-order valence-corrected chi connectivity index (χ1v) is 7.82. The van der Waals surface area contributed by atoms with Crippen molar-refractivity contribution in [3.8, 4) is 5.75 Å². The fraction of sp³-hybridized carbons (Fsp3) is 0.400. The topological polar surface area (TPSA) is 84.3 Å². The van der Waals surface area contributed by atoms with Crippen LogP contribution in [0, 0.1) is 0 Å². The molecule has 0 saturated heterocycles. The third kappa shape index (κ3) is 3.76. The van der Waals surface area contributed by atoms with E-state index < -0.39 is 6.49 Å². The van der Waals surface area contributed by atoms with Crippen molar-refractivity contribution in [3.63, 3.8) is 0 Å². The van der Waals surface area contributed by atoms with Gasteiger partial charge in [-0.2, -0.15) is 0 Å². The molecular weight excluding hydrogens is 241 g/mol. The Morgan fingerprint density at radius 3 is 2.31 bits per heavy atom. The summed E-state index contributed by atoms with van der Waals surface area (Å²) < 4.78 is 0. The van der Waals surface area contributed by atoms with E-state index in [0.29, 0.717) is 0 Å². The number of phenolic OH excluding ortho intramolecular Hbond substituents is 1. The molecule has 0 aliphatic carbocycles. The molecule has 1 aromatic carbocycles. The number of hydrogen-bond acceptors (Lipinski definition) is 2. The number of hydrogen-bond donors (Lipinski definition) is 4. The molecule has 0 atom stereocenters. The van der Waals surface area contributed by atoms with Crippen LogP contribution in [0.5, 0.6) is 5.75 Å². The summed E-state index contributed by atoms with van der Waals surface area (Å²) in [5.41, 5.74) is 12.6. The smallest absolute Gasteiger partial charge is 0.156 e. The molecule has 16 heavy (non-hydrogen) atoms. The lowest BCUT2D eigenvalue weighted by Gasteiger charge is -2.22. The molecule has 0 unspecified atom stereocenters. The zero-order valence-electron chi connectivity index (χ0n) is 9.69. The summed E-state index contributed by atoms with van der Waals surface area (Å²) >= 11 is 4.93. The summed E-state index contributed by atoms with van der Waals surface area (Å²) in [5.74, 6) is 0.264. The second kappa shape index (κ2) is 4.34. The van der Waals surface area contributed by atoms with Crippen molar-refractivity contribution in [2.45, 2.75) is 26.2 Å². The summed E-state index contributed by atoms with van der Waals surface area (Å²) in [6, 6.07) is 5.16. The van der Waals surface area contributed by atoms with E-state index in [1.165, 1.54) is 0 Å². The van der Waals surface area contributed by atoms with Crippen LogP contribution < -0.4 is 16.1 Å². The number of benzene rings is 1. The van der Waals surface area contributed by atoms with Crippen LogP contribution in [0.3, 0.4) is 0 Å². The van der Waals surface area contributed by atoms with E-state index in [1.807, 2.05) is 26.8 Å². The number of rotatable bonds is 2. The Morgan fingerprint density at radius 1 is 1.31 bits per heavy atom. The molecule has 1 aromatic rings. The van der Waals surface area contributed by atoms with Crippen LogP contribution in [0.25, 0.3) is 0 Å². The number of aromatic hydroxyl groups is 1. The number of anilines is 1. The molecule has 0 aliphatic heterocycles. The van der Waals surface area contributed by atoms with Crippen molar-refractivity contribution < 1.29 is 5.11 Å². The molecule has 6 N–H and O–H groups in total. The monoisotopic (exact) mass is 259 g/mol. The Labute approximate surface area is 101 Å². The molecule has 0 aliphatic rings. The van der Waals surface area contributed by atoms with E-state index in [4.69, 9.17) is 22.8 Å². The summed E-state index contributed by atoms with van der Waals surface area (Å²) in [6.07, 6.45) is 0. The second-order valence-electron chi connectivity index (χ2n) is 4.80. The fourth-order valence-electron chi connectivity index (χ4n) is 1.41. The van der Waals surface area contributed by atoms with Gasteiger partial charge >= 0.3 is 0 Å². The van der Waals surface area contributed by atoms with Crippen LogP contribution in [0.4, 0.5) is 5.69 Å². The molecule has 0 radical (unpaired) electrons.